The van der Waals surface area contributed by atoms with E-state index in [1.807, 2.05) is 24.3 Å². The number of carbonyl (C=O) groups excluding carboxylic acids is 1. The number of nitrogens with zero attached hydrogens (tertiary/aromatic N) is 1. The monoisotopic (exact) mass is 432 g/mol. The molecule has 0 radical (unpaired) electrons. The highest BCUT2D eigenvalue weighted by Gasteiger charge is 2.30. The molecule has 0 unspecified atom stereocenters. The average Bonchev–Trinajstić information content (AvgIpc) is 2.49. The summed E-state index contributed by atoms with van der Waals surface area (Å²) in [6, 6.07) is 12.1. The lowest BCUT2D eigenvalue weighted by atomic mass is 10.1. The first-order valence-electron chi connectivity index (χ1n) is 6.58. The highest BCUT2D eigenvalue weighted by molar-refractivity contribution is 14.1. The van der Waals surface area contributed by atoms with Gasteiger partial charge in [0.05, 0.1) is 18.2 Å². The van der Waals surface area contributed by atoms with Gasteiger partial charge in [0, 0.05) is 3.57 Å². The predicted octanol–water partition coefficient (Wildman–Crippen LogP) is 4.00. The first-order chi connectivity index (χ1) is 10.8. The van der Waals surface area contributed by atoms with E-state index in [1.54, 1.807) is 0 Å². The molecule has 2 rings (SSSR count). The molecule has 0 aliphatic heterocycles. The van der Waals surface area contributed by atoms with Crippen LogP contribution in [-0.2, 0) is 17.4 Å². The molecule has 2 aromatic rings. The number of rotatable bonds is 4. The van der Waals surface area contributed by atoms with Gasteiger partial charge in [0.2, 0.25) is 5.91 Å². The molecule has 0 aliphatic carbocycles. The molecule has 1 amide bonds. The Labute approximate surface area is 144 Å². The van der Waals surface area contributed by atoms with Gasteiger partial charge in [0.25, 0.3) is 0 Å². The standard InChI is InChI=1S/C16H12F3IN2O/c17-16(18,19)13-3-1-2-12(8-13)9-15(23)22-21-10-11-4-6-14(20)7-5-11/h1-8,10H,9H2,(H,22,23)/b21-10+. The van der Waals surface area contributed by atoms with E-state index in [1.165, 1.54) is 18.3 Å². The zero-order valence-corrected chi connectivity index (χ0v) is 13.9. The van der Waals surface area contributed by atoms with Gasteiger partial charge in [-0.05, 0) is 51.9 Å². The molecule has 23 heavy (non-hydrogen) atoms. The number of hydrogen-bond donors (Lipinski definition) is 1. The van der Waals surface area contributed by atoms with Crippen LogP contribution < -0.4 is 5.43 Å². The number of halogens is 4. The Balaban J connectivity index is 1.93. The molecule has 0 fully saturated rings. The maximum atomic E-state index is 12.6. The van der Waals surface area contributed by atoms with E-state index in [0.717, 1.165) is 21.3 Å². The minimum atomic E-state index is -4.42. The van der Waals surface area contributed by atoms with Crippen LogP contribution in [0.3, 0.4) is 0 Å². The van der Waals surface area contributed by atoms with E-state index in [0.29, 0.717) is 0 Å². The topological polar surface area (TPSA) is 41.5 Å². The molecular formula is C16H12F3IN2O. The number of nitrogens with one attached hydrogen (secondary N) is 1. The molecule has 0 atom stereocenters. The van der Waals surface area contributed by atoms with Crippen molar-refractivity contribution >= 4 is 34.7 Å². The van der Waals surface area contributed by atoms with Crippen LogP contribution in [0.15, 0.2) is 53.6 Å². The van der Waals surface area contributed by atoms with Crippen LogP contribution in [-0.4, -0.2) is 12.1 Å². The second kappa shape index (κ2) is 7.58. The fourth-order valence-corrected chi connectivity index (χ4v) is 2.17. The molecule has 120 valence electrons. The third-order valence-corrected chi connectivity index (χ3v) is 3.61. The van der Waals surface area contributed by atoms with Gasteiger partial charge in [-0.2, -0.15) is 18.3 Å². The van der Waals surface area contributed by atoms with Crippen molar-refractivity contribution in [3.05, 3.63) is 68.8 Å². The smallest absolute Gasteiger partial charge is 0.273 e. The van der Waals surface area contributed by atoms with E-state index in [4.69, 9.17) is 0 Å². The minimum Gasteiger partial charge on any atom is -0.273 e. The summed E-state index contributed by atoms with van der Waals surface area (Å²) >= 11 is 2.17. The number of alkyl halides is 3. The molecule has 1 N–H and O–H groups in total. The molecule has 3 nitrogen and oxygen atoms in total. The molecular weight excluding hydrogens is 420 g/mol. The Bertz CT molecular complexity index is 712. The maximum Gasteiger partial charge on any atom is 0.416 e. The van der Waals surface area contributed by atoms with Crippen molar-refractivity contribution in [2.24, 2.45) is 5.10 Å². The summed E-state index contributed by atoms with van der Waals surface area (Å²) in [5, 5.41) is 3.79. The first kappa shape index (κ1) is 17.5. The summed E-state index contributed by atoms with van der Waals surface area (Å²) in [7, 11) is 0. The molecule has 0 spiro atoms. The van der Waals surface area contributed by atoms with Crippen molar-refractivity contribution in [2.75, 3.05) is 0 Å². The minimum absolute atomic E-state index is 0.173. The van der Waals surface area contributed by atoms with E-state index in [2.05, 4.69) is 33.1 Å². The van der Waals surface area contributed by atoms with Crippen molar-refractivity contribution in [2.45, 2.75) is 12.6 Å². The lowest BCUT2D eigenvalue weighted by molar-refractivity contribution is -0.137. The van der Waals surface area contributed by atoms with Crippen molar-refractivity contribution in [1.29, 1.82) is 0 Å². The molecule has 0 heterocycles. The molecule has 2 aromatic carbocycles. The number of benzene rings is 2. The van der Waals surface area contributed by atoms with E-state index >= 15 is 0 Å². The van der Waals surface area contributed by atoms with Gasteiger partial charge in [0.1, 0.15) is 0 Å². The molecule has 7 heteroatoms. The zero-order chi connectivity index (χ0) is 16.9. The largest absolute Gasteiger partial charge is 0.416 e. The third-order valence-electron chi connectivity index (χ3n) is 2.89. The summed E-state index contributed by atoms with van der Waals surface area (Å²) in [6.07, 6.45) is -3.12. The van der Waals surface area contributed by atoms with E-state index in [9.17, 15) is 18.0 Å². The van der Waals surface area contributed by atoms with E-state index in [-0.39, 0.29) is 12.0 Å². The lowest BCUT2D eigenvalue weighted by Crippen LogP contribution is -2.20. The summed E-state index contributed by atoms with van der Waals surface area (Å²) in [4.78, 5) is 11.7. The van der Waals surface area contributed by atoms with Gasteiger partial charge in [-0.3, -0.25) is 4.79 Å². The fraction of sp³-hybridized carbons (Fsp3) is 0.125. The molecule has 0 saturated heterocycles. The lowest BCUT2D eigenvalue weighted by Gasteiger charge is -2.08. The van der Waals surface area contributed by atoms with Crippen LogP contribution in [0.5, 0.6) is 0 Å². The molecule has 0 bridgehead atoms. The molecule has 0 saturated carbocycles. The quantitative estimate of drug-likeness (QED) is 0.443. The van der Waals surface area contributed by atoms with Gasteiger partial charge in [-0.25, -0.2) is 5.43 Å². The van der Waals surface area contributed by atoms with Crippen LogP contribution in [0.25, 0.3) is 0 Å². The normalized spacial score (nSPS) is 11.7. The highest BCUT2D eigenvalue weighted by Crippen LogP contribution is 2.29. The Morgan fingerprint density at radius 3 is 2.52 bits per heavy atom. The summed E-state index contributed by atoms with van der Waals surface area (Å²) in [5.41, 5.74) is 2.62. The number of amides is 1. The van der Waals surface area contributed by atoms with Gasteiger partial charge >= 0.3 is 6.18 Å². The van der Waals surface area contributed by atoms with Gasteiger partial charge in [0.15, 0.2) is 0 Å². The van der Waals surface area contributed by atoms with Crippen LogP contribution >= 0.6 is 22.6 Å². The predicted molar refractivity (Wildman–Crippen MR) is 90.0 cm³/mol. The average molecular weight is 432 g/mol. The van der Waals surface area contributed by atoms with Crippen molar-refractivity contribution < 1.29 is 18.0 Å². The Morgan fingerprint density at radius 2 is 1.87 bits per heavy atom. The van der Waals surface area contributed by atoms with Crippen LogP contribution in [0, 0.1) is 3.57 Å². The third kappa shape index (κ3) is 5.66. The second-order valence-electron chi connectivity index (χ2n) is 4.72. The number of hydrazone groups is 1. The Kier molecular flexibility index (Phi) is 5.75. The van der Waals surface area contributed by atoms with Gasteiger partial charge < -0.3 is 0 Å². The van der Waals surface area contributed by atoms with Crippen LogP contribution in [0.4, 0.5) is 13.2 Å². The maximum absolute atomic E-state index is 12.6. The Hall–Kier alpha value is -1.90. The molecule has 0 aliphatic rings. The summed E-state index contributed by atoms with van der Waals surface area (Å²) in [5.74, 6) is -0.480. The SMILES string of the molecule is O=C(Cc1cccc(C(F)(F)F)c1)N/N=C/c1ccc(I)cc1. The van der Waals surface area contributed by atoms with Crippen molar-refractivity contribution in [3.63, 3.8) is 0 Å². The highest BCUT2D eigenvalue weighted by atomic mass is 127. The van der Waals surface area contributed by atoms with Gasteiger partial charge in [-0.1, -0.05) is 30.3 Å². The number of carbonyl (C=O) groups is 1. The van der Waals surface area contributed by atoms with Crippen LogP contribution in [0.1, 0.15) is 16.7 Å². The van der Waals surface area contributed by atoms with E-state index < -0.39 is 17.6 Å². The zero-order valence-electron chi connectivity index (χ0n) is 11.8. The first-order valence-corrected chi connectivity index (χ1v) is 7.66. The van der Waals surface area contributed by atoms with Crippen molar-refractivity contribution in [1.82, 2.24) is 5.43 Å². The summed E-state index contributed by atoms with van der Waals surface area (Å²) in [6.45, 7) is 0. The van der Waals surface area contributed by atoms with Gasteiger partial charge in [-0.15, -0.1) is 0 Å². The Morgan fingerprint density at radius 1 is 1.17 bits per heavy atom. The summed E-state index contributed by atoms with van der Waals surface area (Å²) < 4.78 is 38.9. The second-order valence-corrected chi connectivity index (χ2v) is 5.97. The fourth-order valence-electron chi connectivity index (χ4n) is 1.81. The number of hydrogen-bond acceptors (Lipinski definition) is 2. The van der Waals surface area contributed by atoms with Crippen molar-refractivity contribution in [3.8, 4) is 0 Å². The molecule has 0 aromatic heterocycles. The van der Waals surface area contributed by atoms with Crippen LogP contribution in [0.2, 0.25) is 0 Å².